The van der Waals surface area contributed by atoms with Crippen molar-refractivity contribution in [2.45, 2.75) is 160 Å². The van der Waals surface area contributed by atoms with Crippen LogP contribution in [0.2, 0.25) is 0 Å². The highest BCUT2D eigenvalue weighted by molar-refractivity contribution is 5.72. The maximum absolute atomic E-state index is 14.5. The maximum Gasteiger partial charge on any atom is 0.311 e. The van der Waals surface area contributed by atoms with E-state index >= 15 is 0 Å². The number of hydrogen-bond donors (Lipinski definition) is 3. The summed E-state index contributed by atoms with van der Waals surface area (Å²) in [6, 6.07) is 4.99. The zero-order valence-corrected chi connectivity index (χ0v) is 38.6. The van der Waals surface area contributed by atoms with Gasteiger partial charge in [0.2, 0.25) is 0 Å². The molecule has 346 valence electrons. The average Bonchev–Trinajstić information content (AvgIpc) is 3.70. The summed E-state index contributed by atoms with van der Waals surface area (Å²) >= 11 is 0. The topological polar surface area (TPSA) is 192 Å². The van der Waals surface area contributed by atoms with Gasteiger partial charge in [0.1, 0.15) is 24.5 Å². The normalized spacial score (nSPS) is 41.5. The van der Waals surface area contributed by atoms with Gasteiger partial charge >= 0.3 is 5.97 Å². The van der Waals surface area contributed by atoms with Crippen molar-refractivity contribution in [3.63, 3.8) is 0 Å². The van der Waals surface area contributed by atoms with Crippen molar-refractivity contribution in [1.29, 1.82) is 0 Å². The summed E-state index contributed by atoms with van der Waals surface area (Å²) in [4.78, 5) is 23.0. The van der Waals surface area contributed by atoms with Crippen LogP contribution in [-0.2, 0) is 44.5 Å². The lowest BCUT2D eigenvalue weighted by Crippen LogP contribution is -2.61. The Labute approximate surface area is 362 Å². The van der Waals surface area contributed by atoms with Crippen molar-refractivity contribution in [3.05, 3.63) is 30.6 Å². The predicted octanol–water partition coefficient (Wildman–Crippen LogP) is 3.00. The Morgan fingerprint density at radius 3 is 2.26 bits per heavy atom. The highest BCUT2D eigenvalue weighted by Crippen LogP contribution is 2.41. The fourth-order valence-electron chi connectivity index (χ4n) is 9.61. The number of esters is 1. The van der Waals surface area contributed by atoms with Crippen LogP contribution in [0.15, 0.2) is 30.6 Å². The maximum atomic E-state index is 14.5. The van der Waals surface area contributed by atoms with E-state index in [1.165, 1.54) is 0 Å². The third-order valence-electron chi connectivity index (χ3n) is 13.6. The van der Waals surface area contributed by atoms with Gasteiger partial charge in [-0.25, -0.2) is 0 Å². The van der Waals surface area contributed by atoms with Crippen molar-refractivity contribution in [3.8, 4) is 11.4 Å². The number of carbonyl (C=O) groups excluding carboxylic acids is 1. The molecular formula is C44H74N6O11. The summed E-state index contributed by atoms with van der Waals surface area (Å²) in [6.45, 7) is 16.0. The molecule has 2 aromatic heterocycles. The van der Waals surface area contributed by atoms with Crippen LogP contribution in [0.4, 0.5) is 0 Å². The molecule has 17 heteroatoms. The number of aliphatic hydroxyl groups is 3. The second-order valence-corrected chi connectivity index (χ2v) is 18.7. The van der Waals surface area contributed by atoms with Gasteiger partial charge in [0.15, 0.2) is 12.6 Å². The number of hydrogen-bond acceptors (Lipinski definition) is 16. The summed E-state index contributed by atoms with van der Waals surface area (Å²) in [5, 5.41) is 43.5. The smallest absolute Gasteiger partial charge is 0.311 e. The molecule has 3 saturated heterocycles. The second-order valence-electron chi connectivity index (χ2n) is 18.7. The molecule has 0 unspecified atom stereocenters. The zero-order chi connectivity index (χ0) is 45.0. The quantitative estimate of drug-likeness (QED) is 0.295. The molecular weight excluding hydrogens is 789 g/mol. The fourth-order valence-corrected chi connectivity index (χ4v) is 9.61. The van der Waals surface area contributed by atoms with Crippen LogP contribution >= 0.6 is 0 Å². The van der Waals surface area contributed by atoms with Gasteiger partial charge < -0.3 is 53.4 Å². The van der Waals surface area contributed by atoms with Gasteiger partial charge in [-0.2, -0.15) is 0 Å². The number of likely N-dealkylation sites (N-methyl/N-ethyl adjacent to an activating group) is 2. The first-order chi connectivity index (χ1) is 28.7. The van der Waals surface area contributed by atoms with E-state index in [2.05, 4.69) is 20.2 Å². The van der Waals surface area contributed by atoms with Gasteiger partial charge in [0.25, 0.3) is 0 Å². The summed E-state index contributed by atoms with van der Waals surface area (Å²) in [5.41, 5.74) is -0.798. The van der Waals surface area contributed by atoms with Crippen molar-refractivity contribution in [2.75, 3.05) is 48.5 Å². The Kier molecular flexibility index (Phi) is 16.9. The number of carbonyl (C=O) groups is 1. The minimum absolute atomic E-state index is 0.00442. The Bertz CT molecular complexity index is 1670. The lowest BCUT2D eigenvalue weighted by molar-refractivity contribution is -0.319. The van der Waals surface area contributed by atoms with Crippen molar-refractivity contribution >= 4 is 5.97 Å². The Morgan fingerprint density at radius 1 is 0.918 bits per heavy atom. The molecule has 0 amide bonds. The molecule has 3 aliphatic rings. The highest BCUT2D eigenvalue weighted by atomic mass is 16.7. The molecule has 0 aliphatic carbocycles. The van der Waals surface area contributed by atoms with E-state index in [9.17, 15) is 20.1 Å². The fraction of sp³-hybridized carbons (Fsp3) is 0.818. The van der Waals surface area contributed by atoms with Gasteiger partial charge in [-0.3, -0.25) is 19.4 Å². The Hall–Kier alpha value is -2.68. The van der Waals surface area contributed by atoms with Gasteiger partial charge in [0.05, 0.1) is 72.1 Å². The number of rotatable bonds is 10. The first-order valence-corrected chi connectivity index (χ1v) is 21.8. The number of methoxy groups -OCH3 is 2. The van der Waals surface area contributed by atoms with Crippen molar-refractivity contribution in [1.82, 2.24) is 29.8 Å². The Morgan fingerprint density at radius 2 is 1.62 bits per heavy atom. The van der Waals surface area contributed by atoms with Gasteiger partial charge in [-0.05, 0) is 92.6 Å². The largest absolute Gasteiger partial charge is 0.464 e. The molecule has 2 aromatic rings. The van der Waals surface area contributed by atoms with E-state index < -0.39 is 78.2 Å². The minimum atomic E-state index is -1.10. The summed E-state index contributed by atoms with van der Waals surface area (Å²) < 4.78 is 46.6. The molecule has 5 rings (SSSR count). The number of nitrogens with zero attached hydrogens (tertiary/aromatic N) is 6. The van der Waals surface area contributed by atoms with Gasteiger partial charge in [-0.15, -0.1) is 5.10 Å². The predicted molar refractivity (Wildman–Crippen MR) is 226 cm³/mol. The van der Waals surface area contributed by atoms with E-state index in [-0.39, 0.29) is 43.1 Å². The standard InChI is InChI=1S/C44H74N6O11/c1-25-19-44(8,56-13)40(61-42-37(52)34(48(9)10)18-27(3)58-42)28(4)38(60-35-20-43(7,55-12)39(53)30(6)59-35)29(5)41(54)57-24-31(49(11)21-26(2)36(25)51)22-50-23-33(46-47-50)32-16-14-15-17-45-32/h14-17,23,25-31,34-40,42,51-53H,18-22,24H2,1-13H3/t25-,26-,27-,28+,29-,30+,31+,34+,35+,36+,37-,38+,39+,40-,42+,43-,44-/m1/s1. The highest BCUT2D eigenvalue weighted by Gasteiger charge is 2.52. The SMILES string of the molecule is CO[C@]1(C)C[C@@H](C)[C@H](O)[C@H](C)CN(C)[C@@H](Cn2cc(-c3ccccn3)nn2)COC(=O)[C@H](C)[C@@H](O[C@H]2C[C@@](C)(OC)[C@@H](O)[C@H](C)O2)[C@H](C)[C@H]1O[C@@H]1O[C@H](C)C[C@H](N(C)C)[C@H]1O. The molecule has 17 nitrogen and oxygen atoms in total. The summed E-state index contributed by atoms with van der Waals surface area (Å²) in [6.07, 6.45) is -2.66. The third kappa shape index (κ3) is 11.5. The first-order valence-electron chi connectivity index (χ1n) is 21.8. The van der Waals surface area contributed by atoms with Crippen LogP contribution < -0.4 is 0 Å². The van der Waals surface area contributed by atoms with Crippen LogP contribution in [0.5, 0.6) is 0 Å². The molecule has 3 aliphatic heterocycles. The lowest BCUT2D eigenvalue weighted by atomic mass is 9.75. The van der Waals surface area contributed by atoms with Crippen LogP contribution in [0.25, 0.3) is 11.4 Å². The first kappa shape index (κ1) is 49.3. The monoisotopic (exact) mass is 863 g/mol. The van der Waals surface area contributed by atoms with Gasteiger partial charge in [-0.1, -0.05) is 32.1 Å². The van der Waals surface area contributed by atoms with E-state index in [1.54, 1.807) is 45.9 Å². The third-order valence-corrected chi connectivity index (χ3v) is 13.6. The molecule has 5 heterocycles. The number of pyridine rings is 1. The van der Waals surface area contributed by atoms with Crippen LogP contribution in [0.3, 0.4) is 0 Å². The van der Waals surface area contributed by atoms with E-state index in [1.807, 2.05) is 85.1 Å². The number of aliphatic hydroxyl groups excluding tert-OH is 3. The molecule has 0 spiro atoms. The average molecular weight is 863 g/mol. The summed E-state index contributed by atoms with van der Waals surface area (Å²) in [5.74, 6) is -2.53. The van der Waals surface area contributed by atoms with Crippen LogP contribution in [0.1, 0.15) is 74.7 Å². The Balaban J connectivity index is 1.55. The lowest BCUT2D eigenvalue weighted by Gasteiger charge is -2.49. The minimum Gasteiger partial charge on any atom is -0.464 e. The molecule has 0 radical (unpaired) electrons. The molecule has 0 bridgehead atoms. The van der Waals surface area contributed by atoms with Crippen LogP contribution in [0, 0.1) is 23.7 Å². The molecule has 3 fully saturated rings. The van der Waals surface area contributed by atoms with Crippen molar-refractivity contribution in [2.24, 2.45) is 23.7 Å². The summed E-state index contributed by atoms with van der Waals surface area (Å²) in [7, 11) is 8.93. The molecule has 3 N–H and O–H groups in total. The van der Waals surface area contributed by atoms with Crippen molar-refractivity contribution < 1.29 is 53.3 Å². The van der Waals surface area contributed by atoms with Gasteiger partial charge in [0, 0.05) is 45.3 Å². The molecule has 17 atom stereocenters. The number of ether oxygens (including phenoxy) is 7. The molecule has 0 saturated carbocycles. The second kappa shape index (κ2) is 20.9. The number of cyclic esters (lactones) is 1. The number of aromatic nitrogens is 4. The van der Waals surface area contributed by atoms with E-state index in [0.29, 0.717) is 37.3 Å². The zero-order valence-electron chi connectivity index (χ0n) is 38.6. The molecule has 61 heavy (non-hydrogen) atoms. The van der Waals surface area contributed by atoms with Crippen LogP contribution in [-0.4, -0.2) is 178 Å². The van der Waals surface area contributed by atoms with E-state index in [4.69, 9.17) is 33.2 Å². The van der Waals surface area contributed by atoms with E-state index in [0.717, 1.165) is 0 Å². The molecule has 0 aromatic carbocycles.